The summed E-state index contributed by atoms with van der Waals surface area (Å²) in [6.07, 6.45) is 1.11. The van der Waals surface area contributed by atoms with Crippen molar-refractivity contribution in [3.05, 3.63) is 11.8 Å². The van der Waals surface area contributed by atoms with Crippen molar-refractivity contribution < 1.29 is 9.53 Å². The van der Waals surface area contributed by atoms with Gasteiger partial charge in [0.25, 0.3) is 0 Å². The molecule has 1 aromatic rings. The molecular weight excluding hydrogens is 246 g/mol. The largest absolute Gasteiger partial charge is 0.464 e. The number of hydrogen-bond donors (Lipinski definition) is 1. The number of anilines is 2. The first kappa shape index (κ1) is 12.2. The van der Waals surface area contributed by atoms with Crippen molar-refractivity contribution in [2.45, 2.75) is 18.5 Å². The fourth-order valence-corrected chi connectivity index (χ4v) is 2.90. The number of aromatic nitrogens is 2. The van der Waals surface area contributed by atoms with E-state index in [1.165, 1.54) is 13.2 Å². The predicted octanol–water partition coefficient (Wildman–Crippen LogP) is -0.262. The molecule has 2 atom stereocenters. The molecule has 2 aliphatic rings. The molecule has 0 aromatic carbocycles. The van der Waals surface area contributed by atoms with Gasteiger partial charge in [-0.2, -0.15) is 4.98 Å². The Kier molecular flexibility index (Phi) is 2.78. The highest BCUT2D eigenvalue weighted by Crippen LogP contribution is 2.32. The zero-order valence-electron chi connectivity index (χ0n) is 11.0. The molecule has 0 aliphatic carbocycles. The SMILES string of the molecule is COC(=O)c1cc(N)nc(N2C[C@@H]3C[C@H]2CN3C)n1. The number of nitrogens with two attached hydrogens (primary N) is 1. The summed E-state index contributed by atoms with van der Waals surface area (Å²) >= 11 is 0. The Balaban J connectivity index is 1.90. The first-order valence-corrected chi connectivity index (χ1v) is 6.28. The van der Waals surface area contributed by atoms with Crippen LogP contribution in [-0.4, -0.2) is 60.2 Å². The fourth-order valence-electron chi connectivity index (χ4n) is 2.90. The Morgan fingerprint density at radius 3 is 2.79 bits per heavy atom. The van der Waals surface area contributed by atoms with Gasteiger partial charge >= 0.3 is 5.97 Å². The van der Waals surface area contributed by atoms with Crippen LogP contribution < -0.4 is 10.6 Å². The summed E-state index contributed by atoms with van der Waals surface area (Å²) in [5, 5.41) is 0. The van der Waals surface area contributed by atoms with Gasteiger partial charge in [-0.15, -0.1) is 0 Å². The Hall–Kier alpha value is -1.89. The van der Waals surface area contributed by atoms with Crippen LogP contribution in [0, 0.1) is 0 Å². The molecule has 2 N–H and O–H groups in total. The minimum Gasteiger partial charge on any atom is -0.464 e. The molecule has 2 fully saturated rings. The Morgan fingerprint density at radius 1 is 1.42 bits per heavy atom. The van der Waals surface area contributed by atoms with Crippen LogP contribution in [0.25, 0.3) is 0 Å². The first-order chi connectivity index (χ1) is 9.08. The number of methoxy groups -OCH3 is 1. The summed E-state index contributed by atoms with van der Waals surface area (Å²) in [6.45, 7) is 1.88. The molecule has 3 rings (SSSR count). The van der Waals surface area contributed by atoms with Crippen LogP contribution in [0.1, 0.15) is 16.9 Å². The molecule has 7 nitrogen and oxygen atoms in total. The average Bonchev–Trinajstić information content (AvgIpc) is 2.95. The second-order valence-electron chi connectivity index (χ2n) is 5.10. The summed E-state index contributed by atoms with van der Waals surface area (Å²) in [4.78, 5) is 24.5. The van der Waals surface area contributed by atoms with E-state index in [1.807, 2.05) is 0 Å². The molecule has 2 bridgehead atoms. The van der Waals surface area contributed by atoms with Crippen LogP contribution in [0.4, 0.5) is 11.8 Å². The van der Waals surface area contributed by atoms with Crippen LogP contribution in [0.15, 0.2) is 6.07 Å². The van der Waals surface area contributed by atoms with Crippen molar-refractivity contribution >= 4 is 17.7 Å². The number of carbonyl (C=O) groups is 1. The summed E-state index contributed by atoms with van der Waals surface area (Å²) in [6, 6.07) is 2.38. The quantitative estimate of drug-likeness (QED) is 0.736. The minimum atomic E-state index is -0.489. The van der Waals surface area contributed by atoms with Crippen molar-refractivity contribution in [3.63, 3.8) is 0 Å². The Labute approximate surface area is 111 Å². The highest BCUT2D eigenvalue weighted by atomic mass is 16.5. The third-order valence-corrected chi connectivity index (χ3v) is 3.90. The topological polar surface area (TPSA) is 84.6 Å². The monoisotopic (exact) mass is 263 g/mol. The van der Waals surface area contributed by atoms with Crippen molar-refractivity contribution in [3.8, 4) is 0 Å². The summed E-state index contributed by atoms with van der Waals surface area (Å²) in [5.41, 5.74) is 5.96. The molecule has 2 saturated heterocycles. The molecule has 0 radical (unpaired) electrons. The molecule has 0 unspecified atom stereocenters. The number of nitrogen functional groups attached to an aromatic ring is 1. The van der Waals surface area contributed by atoms with Gasteiger partial charge in [-0.1, -0.05) is 0 Å². The molecule has 2 aliphatic heterocycles. The normalized spacial score (nSPS) is 25.9. The van der Waals surface area contributed by atoms with Crippen molar-refractivity contribution in [1.29, 1.82) is 0 Å². The van der Waals surface area contributed by atoms with Gasteiger partial charge in [-0.05, 0) is 13.5 Å². The number of piperazine rings is 1. The van der Waals surface area contributed by atoms with Crippen molar-refractivity contribution in [2.75, 3.05) is 37.9 Å². The third kappa shape index (κ3) is 1.99. The Morgan fingerprint density at radius 2 is 2.21 bits per heavy atom. The van der Waals surface area contributed by atoms with E-state index in [1.54, 1.807) is 0 Å². The molecule has 102 valence electrons. The molecule has 0 amide bonds. The van der Waals surface area contributed by atoms with Crippen LogP contribution in [0.5, 0.6) is 0 Å². The zero-order chi connectivity index (χ0) is 13.6. The van der Waals surface area contributed by atoms with E-state index in [-0.39, 0.29) is 5.69 Å². The van der Waals surface area contributed by atoms with Gasteiger partial charge in [0, 0.05) is 31.2 Å². The van der Waals surface area contributed by atoms with Gasteiger partial charge in [0.15, 0.2) is 5.69 Å². The first-order valence-electron chi connectivity index (χ1n) is 6.28. The summed E-state index contributed by atoms with van der Waals surface area (Å²) in [7, 11) is 3.45. The molecule has 0 spiro atoms. The lowest BCUT2D eigenvalue weighted by Gasteiger charge is -2.32. The Bertz CT molecular complexity index is 519. The van der Waals surface area contributed by atoms with Gasteiger partial charge in [-0.3, -0.25) is 4.90 Å². The lowest BCUT2D eigenvalue weighted by atomic mass is 10.2. The number of fused-ring (bicyclic) bond motifs is 2. The maximum Gasteiger partial charge on any atom is 0.356 e. The smallest absolute Gasteiger partial charge is 0.356 e. The van der Waals surface area contributed by atoms with Crippen LogP contribution >= 0.6 is 0 Å². The minimum absolute atomic E-state index is 0.209. The second-order valence-corrected chi connectivity index (χ2v) is 5.10. The van der Waals surface area contributed by atoms with Gasteiger partial charge in [0.1, 0.15) is 5.82 Å². The highest BCUT2D eigenvalue weighted by molar-refractivity contribution is 5.88. The van der Waals surface area contributed by atoms with Gasteiger partial charge in [0.2, 0.25) is 5.95 Å². The lowest BCUT2D eigenvalue weighted by Crippen LogP contribution is -2.45. The molecule has 3 heterocycles. The van der Waals surface area contributed by atoms with E-state index in [4.69, 9.17) is 5.73 Å². The van der Waals surface area contributed by atoms with E-state index >= 15 is 0 Å². The third-order valence-electron chi connectivity index (χ3n) is 3.90. The van der Waals surface area contributed by atoms with Crippen LogP contribution in [0.3, 0.4) is 0 Å². The average molecular weight is 263 g/mol. The summed E-state index contributed by atoms with van der Waals surface area (Å²) in [5.74, 6) is 0.333. The van der Waals surface area contributed by atoms with E-state index in [9.17, 15) is 4.79 Å². The van der Waals surface area contributed by atoms with Gasteiger partial charge in [0.05, 0.1) is 7.11 Å². The number of esters is 1. The zero-order valence-corrected chi connectivity index (χ0v) is 11.0. The maximum atomic E-state index is 11.5. The number of carbonyl (C=O) groups excluding carboxylic acids is 1. The van der Waals surface area contributed by atoms with E-state index in [2.05, 4.69) is 31.6 Å². The number of likely N-dealkylation sites (N-methyl/N-ethyl adjacent to an activating group) is 1. The number of rotatable bonds is 2. The van der Waals surface area contributed by atoms with Crippen LogP contribution in [0.2, 0.25) is 0 Å². The molecule has 1 aromatic heterocycles. The van der Waals surface area contributed by atoms with Crippen molar-refractivity contribution in [2.24, 2.45) is 0 Å². The predicted molar refractivity (Wildman–Crippen MR) is 70.0 cm³/mol. The van der Waals surface area contributed by atoms with Crippen molar-refractivity contribution in [1.82, 2.24) is 14.9 Å². The van der Waals surface area contributed by atoms with E-state index in [0.29, 0.717) is 23.8 Å². The molecule has 0 saturated carbocycles. The summed E-state index contributed by atoms with van der Waals surface area (Å²) < 4.78 is 4.68. The fraction of sp³-hybridized carbons (Fsp3) is 0.583. The van der Waals surface area contributed by atoms with E-state index < -0.39 is 5.97 Å². The second kappa shape index (κ2) is 4.34. The number of ether oxygens (including phenoxy) is 1. The number of hydrogen-bond acceptors (Lipinski definition) is 7. The van der Waals surface area contributed by atoms with Gasteiger partial charge in [-0.25, -0.2) is 9.78 Å². The standard InChI is InChI=1S/C12H17N5O2/c1-16-5-8-3-7(16)6-17(8)12-14-9(11(18)19-2)4-10(13)15-12/h4,7-8H,3,5-6H2,1-2H3,(H2,13,14,15)/t7-,8-/m0/s1. The molecular formula is C12H17N5O2. The van der Waals surface area contributed by atoms with E-state index in [0.717, 1.165) is 19.5 Å². The number of likely N-dealkylation sites (tertiary alicyclic amines) is 1. The maximum absolute atomic E-state index is 11.5. The molecule has 19 heavy (non-hydrogen) atoms. The molecule has 7 heteroatoms. The highest BCUT2D eigenvalue weighted by Gasteiger charge is 2.42. The van der Waals surface area contributed by atoms with Crippen LogP contribution in [-0.2, 0) is 4.74 Å². The number of nitrogens with zero attached hydrogens (tertiary/aromatic N) is 4. The van der Waals surface area contributed by atoms with Gasteiger partial charge < -0.3 is 15.4 Å². The lowest BCUT2D eigenvalue weighted by molar-refractivity contribution is 0.0594.